The average molecular weight is 296 g/mol. The van der Waals surface area contributed by atoms with Gasteiger partial charge in [0.2, 0.25) is 5.91 Å². The maximum atomic E-state index is 12.2. The van der Waals surface area contributed by atoms with Crippen LogP contribution in [-0.4, -0.2) is 47.1 Å². The molecule has 1 saturated heterocycles. The van der Waals surface area contributed by atoms with Gasteiger partial charge in [-0.1, -0.05) is 33.6 Å². The van der Waals surface area contributed by atoms with E-state index in [1.54, 1.807) is 0 Å². The number of carbonyl (C=O) groups is 2. The van der Waals surface area contributed by atoms with Gasteiger partial charge in [-0.05, 0) is 19.3 Å². The number of carboxylic acid groups (broad SMARTS) is 1. The zero-order valence-electron chi connectivity index (χ0n) is 13.4. The zero-order valence-corrected chi connectivity index (χ0v) is 13.4. The van der Waals surface area contributed by atoms with E-state index in [-0.39, 0.29) is 17.9 Å². The first-order valence-corrected chi connectivity index (χ1v) is 8.05. The third-order valence-corrected chi connectivity index (χ3v) is 4.69. The van der Waals surface area contributed by atoms with E-state index in [2.05, 4.69) is 10.2 Å². The van der Waals surface area contributed by atoms with Gasteiger partial charge in [0.15, 0.2) is 0 Å². The van der Waals surface area contributed by atoms with Crippen molar-refractivity contribution in [2.75, 3.05) is 13.1 Å². The number of nitrogens with one attached hydrogen (secondary N) is 1. The first-order valence-electron chi connectivity index (χ1n) is 8.05. The minimum Gasteiger partial charge on any atom is -0.481 e. The molecule has 2 atom stereocenters. The molecular formula is C16H28N2O3. The van der Waals surface area contributed by atoms with Crippen molar-refractivity contribution in [2.45, 2.75) is 65.0 Å². The quantitative estimate of drug-likeness (QED) is 0.834. The Bertz CT molecular complexity index is 397. The standard InChI is InChI=1S/C16H28N2O3/c1-16(2,3)15(21)17-12-8-11(14(19)20)9-18(10-12)13-6-4-5-7-13/h11-13H,4-10H2,1-3H3,(H,17,21)(H,19,20). The largest absolute Gasteiger partial charge is 0.481 e. The van der Waals surface area contributed by atoms with Crippen LogP contribution in [0.3, 0.4) is 0 Å². The highest BCUT2D eigenvalue weighted by atomic mass is 16.4. The second-order valence-corrected chi connectivity index (χ2v) is 7.58. The summed E-state index contributed by atoms with van der Waals surface area (Å²) in [6, 6.07) is 0.452. The minimum atomic E-state index is -0.743. The van der Waals surface area contributed by atoms with Gasteiger partial charge >= 0.3 is 5.97 Å². The lowest BCUT2D eigenvalue weighted by Gasteiger charge is -2.40. The monoisotopic (exact) mass is 296 g/mol. The summed E-state index contributed by atoms with van der Waals surface area (Å²) in [5, 5.41) is 12.4. The van der Waals surface area contributed by atoms with E-state index in [4.69, 9.17) is 0 Å². The van der Waals surface area contributed by atoms with E-state index >= 15 is 0 Å². The molecule has 120 valence electrons. The molecule has 21 heavy (non-hydrogen) atoms. The van der Waals surface area contributed by atoms with E-state index < -0.39 is 11.4 Å². The Balaban J connectivity index is 2.02. The number of likely N-dealkylation sites (tertiary alicyclic amines) is 1. The highest BCUT2D eigenvalue weighted by Crippen LogP contribution is 2.28. The Labute approximate surface area is 127 Å². The molecule has 1 amide bonds. The van der Waals surface area contributed by atoms with Crippen molar-refractivity contribution in [2.24, 2.45) is 11.3 Å². The van der Waals surface area contributed by atoms with Crippen molar-refractivity contribution < 1.29 is 14.7 Å². The molecule has 0 radical (unpaired) electrons. The summed E-state index contributed by atoms with van der Waals surface area (Å²) in [7, 11) is 0. The van der Waals surface area contributed by atoms with Gasteiger partial charge in [-0.15, -0.1) is 0 Å². The van der Waals surface area contributed by atoms with Gasteiger partial charge in [0, 0.05) is 30.6 Å². The molecule has 5 heteroatoms. The highest BCUT2D eigenvalue weighted by molar-refractivity contribution is 5.81. The zero-order chi connectivity index (χ0) is 15.6. The van der Waals surface area contributed by atoms with Crippen LogP contribution in [0.1, 0.15) is 52.9 Å². The Hall–Kier alpha value is -1.10. The number of nitrogens with zero attached hydrogens (tertiary/aromatic N) is 1. The summed E-state index contributed by atoms with van der Waals surface area (Å²) in [6.45, 7) is 7.07. The molecular weight excluding hydrogens is 268 g/mol. The predicted molar refractivity (Wildman–Crippen MR) is 81.0 cm³/mol. The Morgan fingerprint density at radius 2 is 1.76 bits per heavy atom. The third kappa shape index (κ3) is 4.19. The Morgan fingerprint density at radius 1 is 1.14 bits per heavy atom. The van der Waals surface area contributed by atoms with Gasteiger partial charge in [-0.3, -0.25) is 14.5 Å². The molecule has 1 saturated carbocycles. The number of aliphatic carboxylic acids is 1. The Kier molecular flexibility index (Phi) is 4.91. The fourth-order valence-electron chi connectivity index (χ4n) is 3.39. The molecule has 0 aromatic rings. The highest BCUT2D eigenvalue weighted by Gasteiger charge is 2.37. The minimum absolute atomic E-state index is 0.00455. The van der Waals surface area contributed by atoms with E-state index in [9.17, 15) is 14.7 Å². The molecule has 1 aliphatic heterocycles. The number of carboxylic acids is 1. The van der Waals surface area contributed by atoms with Crippen LogP contribution in [0.2, 0.25) is 0 Å². The number of hydrogen-bond acceptors (Lipinski definition) is 3. The molecule has 0 aromatic heterocycles. The summed E-state index contributed by atoms with van der Waals surface area (Å²) >= 11 is 0. The Morgan fingerprint density at radius 3 is 2.29 bits per heavy atom. The van der Waals surface area contributed by atoms with Gasteiger partial charge in [-0.2, -0.15) is 0 Å². The van der Waals surface area contributed by atoms with E-state index in [1.165, 1.54) is 12.8 Å². The lowest BCUT2D eigenvalue weighted by atomic mass is 9.90. The number of rotatable bonds is 3. The topological polar surface area (TPSA) is 69.6 Å². The van der Waals surface area contributed by atoms with Crippen molar-refractivity contribution in [1.82, 2.24) is 10.2 Å². The van der Waals surface area contributed by atoms with Crippen molar-refractivity contribution in [1.29, 1.82) is 0 Å². The number of hydrogen-bond donors (Lipinski definition) is 2. The summed E-state index contributed by atoms with van der Waals surface area (Å²) in [6.07, 6.45) is 5.33. The first-order chi connectivity index (χ1) is 9.77. The molecule has 2 unspecified atom stereocenters. The molecule has 2 aliphatic rings. The van der Waals surface area contributed by atoms with Gasteiger partial charge in [-0.25, -0.2) is 0 Å². The lowest BCUT2D eigenvalue weighted by molar-refractivity contribution is -0.145. The van der Waals surface area contributed by atoms with Crippen molar-refractivity contribution in [3.8, 4) is 0 Å². The molecule has 5 nitrogen and oxygen atoms in total. The third-order valence-electron chi connectivity index (χ3n) is 4.69. The second-order valence-electron chi connectivity index (χ2n) is 7.58. The molecule has 1 aliphatic carbocycles. The van der Waals surface area contributed by atoms with Crippen molar-refractivity contribution in [3.05, 3.63) is 0 Å². The van der Waals surface area contributed by atoms with Crippen LogP contribution in [0.5, 0.6) is 0 Å². The molecule has 2 rings (SSSR count). The maximum Gasteiger partial charge on any atom is 0.307 e. The smallest absolute Gasteiger partial charge is 0.307 e. The molecule has 0 aromatic carbocycles. The van der Waals surface area contributed by atoms with Crippen LogP contribution in [0.15, 0.2) is 0 Å². The number of amides is 1. The van der Waals surface area contributed by atoms with Crippen LogP contribution < -0.4 is 5.32 Å². The van der Waals surface area contributed by atoms with E-state index in [0.717, 1.165) is 19.4 Å². The van der Waals surface area contributed by atoms with Gasteiger partial charge in [0.25, 0.3) is 0 Å². The van der Waals surface area contributed by atoms with Crippen molar-refractivity contribution in [3.63, 3.8) is 0 Å². The number of piperidine rings is 1. The molecule has 0 spiro atoms. The van der Waals surface area contributed by atoms with Crippen LogP contribution in [0.4, 0.5) is 0 Å². The first kappa shape index (κ1) is 16.3. The average Bonchev–Trinajstić information content (AvgIpc) is 2.91. The van der Waals surface area contributed by atoms with Crippen LogP contribution in [0.25, 0.3) is 0 Å². The molecule has 0 bridgehead atoms. The van der Waals surface area contributed by atoms with Gasteiger partial charge in [0.05, 0.1) is 5.92 Å². The predicted octanol–water partition coefficient (Wildman–Crippen LogP) is 1.87. The maximum absolute atomic E-state index is 12.2. The van der Waals surface area contributed by atoms with E-state index in [1.807, 2.05) is 20.8 Å². The van der Waals surface area contributed by atoms with Gasteiger partial charge in [0.1, 0.15) is 0 Å². The van der Waals surface area contributed by atoms with Crippen LogP contribution in [0, 0.1) is 11.3 Å². The number of carbonyl (C=O) groups excluding carboxylic acids is 1. The fourth-order valence-corrected chi connectivity index (χ4v) is 3.39. The SMILES string of the molecule is CC(C)(C)C(=O)NC1CC(C(=O)O)CN(C2CCCC2)C1. The normalized spacial score (nSPS) is 28.5. The second kappa shape index (κ2) is 6.34. The van der Waals surface area contributed by atoms with Crippen LogP contribution >= 0.6 is 0 Å². The summed E-state index contributed by atoms with van der Waals surface area (Å²) in [5.41, 5.74) is -0.436. The van der Waals surface area contributed by atoms with Crippen LogP contribution in [-0.2, 0) is 9.59 Å². The van der Waals surface area contributed by atoms with Gasteiger partial charge < -0.3 is 10.4 Å². The lowest BCUT2D eigenvalue weighted by Crippen LogP contribution is -2.56. The van der Waals surface area contributed by atoms with E-state index in [0.29, 0.717) is 19.0 Å². The molecule has 2 fully saturated rings. The van der Waals surface area contributed by atoms with Crippen molar-refractivity contribution >= 4 is 11.9 Å². The fraction of sp³-hybridized carbons (Fsp3) is 0.875. The molecule has 1 heterocycles. The summed E-state index contributed by atoms with van der Waals surface area (Å²) in [4.78, 5) is 25.9. The summed E-state index contributed by atoms with van der Waals surface area (Å²) < 4.78 is 0. The molecule has 2 N–H and O–H groups in total. The summed E-state index contributed by atoms with van der Waals surface area (Å²) in [5.74, 6) is -1.11.